The summed E-state index contributed by atoms with van der Waals surface area (Å²) < 4.78 is 13.7. The van der Waals surface area contributed by atoms with Crippen LogP contribution in [0.15, 0.2) is 36.8 Å². The van der Waals surface area contributed by atoms with Crippen LogP contribution in [0, 0.1) is 5.82 Å². The van der Waals surface area contributed by atoms with Crippen molar-refractivity contribution in [2.75, 3.05) is 17.2 Å². The molecule has 0 saturated heterocycles. The molecule has 2 N–H and O–H groups in total. The molecule has 0 fully saturated rings. The monoisotopic (exact) mass is 337 g/mol. The second kappa shape index (κ2) is 6.04. The molecule has 3 aromatic rings. The van der Waals surface area contributed by atoms with Crippen LogP contribution in [-0.4, -0.2) is 31.5 Å². The summed E-state index contributed by atoms with van der Waals surface area (Å²) in [5.74, 6) is 1.30. The van der Waals surface area contributed by atoms with Crippen LogP contribution >= 0.6 is 0 Å². The van der Waals surface area contributed by atoms with Crippen molar-refractivity contribution in [2.45, 2.75) is 19.4 Å². The number of rotatable bonds is 2. The van der Waals surface area contributed by atoms with E-state index in [4.69, 9.17) is 5.73 Å². The molecule has 0 aromatic carbocycles. The number of hydrogen-bond acceptors (Lipinski definition) is 7. The number of fused-ring (bicyclic) bond motifs is 1. The van der Waals surface area contributed by atoms with E-state index in [0.717, 1.165) is 11.3 Å². The summed E-state index contributed by atoms with van der Waals surface area (Å²) in [7, 11) is 0. The summed E-state index contributed by atoms with van der Waals surface area (Å²) in [6.45, 7) is 2.68. The van der Waals surface area contributed by atoms with Crippen LogP contribution in [0.2, 0.25) is 0 Å². The minimum absolute atomic E-state index is 0.0387. The molecule has 4 rings (SSSR count). The molecule has 4 heterocycles. The van der Waals surface area contributed by atoms with Crippen molar-refractivity contribution in [1.29, 1.82) is 0 Å². The lowest BCUT2D eigenvalue weighted by Gasteiger charge is -2.35. The first-order valence-electron chi connectivity index (χ1n) is 7.95. The van der Waals surface area contributed by atoms with Crippen molar-refractivity contribution in [3.05, 3.63) is 53.9 Å². The normalized spacial score (nSPS) is 16.6. The number of halogens is 1. The molecule has 1 aliphatic heterocycles. The maximum atomic E-state index is 13.7. The third kappa shape index (κ3) is 2.86. The first-order chi connectivity index (χ1) is 12.1. The fraction of sp³-hybridized carbons (Fsp3) is 0.235. The summed E-state index contributed by atoms with van der Waals surface area (Å²) in [6, 6.07) is 4.31. The Balaban J connectivity index is 1.68. The Bertz CT molecular complexity index is 896. The topological polar surface area (TPSA) is 93.7 Å². The van der Waals surface area contributed by atoms with Crippen molar-refractivity contribution in [3.8, 4) is 11.6 Å². The molecule has 0 spiro atoms. The maximum absolute atomic E-state index is 13.7. The van der Waals surface area contributed by atoms with Gasteiger partial charge in [-0.25, -0.2) is 29.3 Å². The molecule has 0 radical (unpaired) electrons. The van der Waals surface area contributed by atoms with Crippen LogP contribution < -0.4 is 10.6 Å². The summed E-state index contributed by atoms with van der Waals surface area (Å²) in [4.78, 5) is 23.6. The van der Waals surface area contributed by atoms with Crippen LogP contribution in [-0.2, 0) is 6.42 Å². The van der Waals surface area contributed by atoms with Crippen molar-refractivity contribution in [1.82, 2.24) is 24.9 Å². The van der Waals surface area contributed by atoms with E-state index < -0.39 is 5.82 Å². The predicted octanol–water partition coefficient (Wildman–Crippen LogP) is 2.17. The van der Waals surface area contributed by atoms with Gasteiger partial charge < -0.3 is 10.6 Å². The summed E-state index contributed by atoms with van der Waals surface area (Å²) in [5.41, 5.74) is 7.61. The largest absolute Gasteiger partial charge is 0.384 e. The Kier molecular flexibility index (Phi) is 3.72. The lowest BCUT2D eigenvalue weighted by Crippen LogP contribution is -2.35. The molecule has 0 saturated carbocycles. The molecule has 8 heteroatoms. The Morgan fingerprint density at radius 3 is 2.68 bits per heavy atom. The number of pyridine rings is 1. The minimum atomic E-state index is -0.395. The Morgan fingerprint density at radius 1 is 1.12 bits per heavy atom. The van der Waals surface area contributed by atoms with Crippen molar-refractivity contribution in [2.24, 2.45) is 0 Å². The van der Waals surface area contributed by atoms with Gasteiger partial charge in [-0.05, 0) is 13.0 Å². The average Bonchev–Trinajstić information content (AvgIpc) is 2.61. The molecule has 0 aliphatic carbocycles. The summed E-state index contributed by atoms with van der Waals surface area (Å²) in [5, 5.41) is 0. The van der Waals surface area contributed by atoms with Gasteiger partial charge in [-0.2, -0.15) is 0 Å². The van der Waals surface area contributed by atoms with Crippen LogP contribution in [0.1, 0.15) is 24.2 Å². The molecule has 0 amide bonds. The van der Waals surface area contributed by atoms with Gasteiger partial charge in [0, 0.05) is 49.3 Å². The number of hydrogen-bond donors (Lipinski definition) is 1. The van der Waals surface area contributed by atoms with E-state index in [1.807, 2.05) is 11.8 Å². The Hall–Kier alpha value is -3.16. The van der Waals surface area contributed by atoms with E-state index in [1.165, 1.54) is 12.1 Å². The molecule has 1 aliphatic rings. The van der Waals surface area contributed by atoms with Gasteiger partial charge in [0.1, 0.15) is 17.5 Å². The van der Waals surface area contributed by atoms with Crippen molar-refractivity contribution >= 4 is 11.6 Å². The van der Waals surface area contributed by atoms with Gasteiger partial charge in [-0.3, -0.25) is 0 Å². The number of nitrogen functional groups attached to an aromatic ring is 1. The quantitative estimate of drug-likeness (QED) is 0.766. The zero-order valence-corrected chi connectivity index (χ0v) is 13.6. The molecule has 7 nitrogen and oxygen atoms in total. The van der Waals surface area contributed by atoms with Crippen LogP contribution in [0.3, 0.4) is 0 Å². The van der Waals surface area contributed by atoms with E-state index in [2.05, 4.69) is 24.9 Å². The number of nitrogens with zero attached hydrogens (tertiary/aromatic N) is 6. The Labute approximate surface area is 143 Å². The molecule has 25 heavy (non-hydrogen) atoms. The van der Waals surface area contributed by atoms with Crippen molar-refractivity contribution < 1.29 is 4.39 Å². The molecule has 1 unspecified atom stereocenters. The van der Waals surface area contributed by atoms with Crippen LogP contribution in [0.5, 0.6) is 0 Å². The lowest BCUT2D eigenvalue weighted by atomic mass is 9.99. The number of nitrogens with two attached hydrogens (primary N) is 1. The van der Waals surface area contributed by atoms with Gasteiger partial charge in [0.2, 0.25) is 0 Å². The van der Waals surface area contributed by atoms with E-state index in [0.29, 0.717) is 30.4 Å². The van der Waals surface area contributed by atoms with Gasteiger partial charge in [-0.1, -0.05) is 0 Å². The average molecular weight is 337 g/mol. The van der Waals surface area contributed by atoms with E-state index >= 15 is 0 Å². The highest BCUT2D eigenvalue weighted by Crippen LogP contribution is 2.32. The molecule has 126 valence electrons. The van der Waals surface area contributed by atoms with Gasteiger partial charge in [0.15, 0.2) is 11.6 Å². The molecule has 1 atom stereocenters. The molecular weight excluding hydrogens is 321 g/mol. The first kappa shape index (κ1) is 15.4. The van der Waals surface area contributed by atoms with E-state index in [9.17, 15) is 4.39 Å². The van der Waals surface area contributed by atoms with Crippen LogP contribution in [0.4, 0.5) is 16.0 Å². The fourth-order valence-corrected chi connectivity index (χ4v) is 3.05. The lowest BCUT2D eigenvalue weighted by molar-refractivity contribution is 0.591. The smallest absolute Gasteiger partial charge is 0.197 e. The van der Waals surface area contributed by atoms with Gasteiger partial charge in [-0.15, -0.1) is 0 Å². The zero-order chi connectivity index (χ0) is 17.4. The highest BCUT2D eigenvalue weighted by molar-refractivity contribution is 5.51. The summed E-state index contributed by atoms with van der Waals surface area (Å²) in [6.07, 6.45) is 5.80. The van der Waals surface area contributed by atoms with Gasteiger partial charge >= 0.3 is 0 Å². The third-order valence-electron chi connectivity index (χ3n) is 4.26. The highest BCUT2D eigenvalue weighted by atomic mass is 19.1. The second-order valence-corrected chi connectivity index (χ2v) is 5.86. The Morgan fingerprint density at radius 2 is 1.92 bits per heavy atom. The first-order valence-corrected chi connectivity index (χ1v) is 7.95. The number of aromatic nitrogens is 5. The predicted molar refractivity (Wildman–Crippen MR) is 91.1 cm³/mol. The second-order valence-electron chi connectivity index (χ2n) is 5.86. The fourth-order valence-electron chi connectivity index (χ4n) is 3.05. The van der Waals surface area contributed by atoms with E-state index in [-0.39, 0.29) is 11.9 Å². The number of anilines is 2. The van der Waals surface area contributed by atoms with E-state index in [1.54, 1.807) is 24.7 Å². The highest BCUT2D eigenvalue weighted by Gasteiger charge is 2.27. The molecular formula is C17H16FN7. The zero-order valence-electron chi connectivity index (χ0n) is 13.6. The summed E-state index contributed by atoms with van der Waals surface area (Å²) >= 11 is 0. The maximum Gasteiger partial charge on any atom is 0.197 e. The van der Waals surface area contributed by atoms with Crippen molar-refractivity contribution in [3.63, 3.8) is 0 Å². The third-order valence-corrected chi connectivity index (χ3v) is 4.26. The standard InChI is InChI=1S/C17H16FN7/c1-10-12-9-22-17(16-20-4-2-5-21-16)23-13(12)3-6-25(10)15-8-11(18)7-14(19)24-15/h2,4-5,7-10H,3,6H2,1H3,(H2,19,24). The molecule has 0 bridgehead atoms. The van der Waals surface area contributed by atoms with Gasteiger partial charge in [0.25, 0.3) is 0 Å². The van der Waals surface area contributed by atoms with Crippen LogP contribution in [0.25, 0.3) is 11.6 Å². The SMILES string of the molecule is CC1c2cnc(-c3ncccn3)nc2CCN1c1cc(F)cc(N)n1. The molecule has 3 aromatic heterocycles. The minimum Gasteiger partial charge on any atom is -0.384 e. The van der Waals surface area contributed by atoms with Gasteiger partial charge in [0.05, 0.1) is 11.7 Å².